The zero-order valence-electron chi connectivity index (χ0n) is 12.2. The second-order valence-electron chi connectivity index (χ2n) is 5.18. The zero-order valence-corrected chi connectivity index (χ0v) is 13.0. The Morgan fingerprint density at radius 2 is 2.05 bits per heavy atom. The lowest BCUT2D eigenvalue weighted by Crippen LogP contribution is -2.45. The standard InChI is InChI=1S/C13H28N4OS/c1-16-7-9-17(10-8-16)6-3-5-15-13(18)12(14)4-11-19-2/h12H,3-11,14H2,1-2H3,(H,15,18)/t12-/m1/s1. The third-order valence-electron chi connectivity index (χ3n) is 3.52. The van der Waals surface area contributed by atoms with Gasteiger partial charge in [-0.15, -0.1) is 0 Å². The highest BCUT2D eigenvalue weighted by Crippen LogP contribution is 2.00. The van der Waals surface area contributed by atoms with Crippen LogP contribution >= 0.6 is 11.8 Å². The minimum absolute atomic E-state index is 0.00701. The number of nitrogens with one attached hydrogen (secondary N) is 1. The Kier molecular flexibility index (Phi) is 8.45. The predicted molar refractivity (Wildman–Crippen MR) is 82.5 cm³/mol. The van der Waals surface area contributed by atoms with Gasteiger partial charge in [-0.25, -0.2) is 0 Å². The Hall–Kier alpha value is -0.300. The summed E-state index contributed by atoms with van der Waals surface area (Å²) in [5.41, 5.74) is 5.80. The van der Waals surface area contributed by atoms with Gasteiger partial charge in [-0.3, -0.25) is 4.79 Å². The van der Waals surface area contributed by atoms with Crippen molar-refractivity contribution in [3.8, 4) is 0 Å². The van der Waals surface area contributed by atoms with Gasteiger partial charge in [-0.1, -0.05) is 0 Å². The van der Waals surface area contributed by atoms with Crippen LogP contribution in [0.5, 0.6) is 0 Å². The summed E-state index contributed by atoms with van der Waals surface area (Å²) in [6, 6.07) is -0.351. The van der Waals surface area contributed by atoms with Crippen molar-refractivity contribution in [3.05, 3.63) is 0 Å². The van der Waals surface area contributed by atoms with E-state index in [0.717, 1.165) is 57.9 Å². The molecule has 19 heavy (non-hydrogen) atoms. The number of nitrogens with two attached hydrogens (primary N) is 1. The Morgan fingerprint density at radius 3 is 2.68 bits per heavy atom. The molecule has 1 heterocycles. The number of rotatable bonds is 8. The quantitative estimate of drug-likeness (QED) is 0.607. The Bertz CT molecular complexity index is 257. The molecule has 5 nitrogen and oxygen atoms in total. The molecule has 3 N–H and O–H groups in total. The fraction of sp³-hybridized carbons (Fsp3) is 0.923. The molecule has 1 aliphatic rings. The second-order valence-corrected chi connectivity index (χ2v) is 6.16. The van der Waals surface area contributed by atoms with Crippen molar-refractivity contribution in [2.75, 3.05) is 58.3 Å². The van der Waals surface area contributed by atoms with Crippen molar-refractivity contribution in [1.82, 2.24) is 15.1 Å². The van der Waals surface area contributed by atoms with Crippen LogP contribution in [0.4, 0.5) is 0 Å². The molecule has 1 fully saturated rings. The van der Waals surface area contributed by atoms with Crippen LogP contribution in [0, 0.1) is 0 Å². The molecule has 0 saturated carbocycles. The van der Waals surface area contributed by atoms with E-state index in [2.05, 4.69) is 22.2 Å². The van der Waals surface area contributed by atoms with Gasteiger partial charge in [0.25, 0.3) is 0 Å². The van der Waals surface area contributed by atoms with Gasteiger partial charge in [0.1, 0.15) is 0 Å². The maximum atomic E-state index is 11.7. The summed E-state index contributed by atoms with van der Waals surface area (Å²) < 4.78 is 0. The number of nitrogens with zero attached hydrogens (tertiary/aromatic N) is 2. The maximum Gasteiger partial charge on any atom is 0.236 e. The van der Waals surface area contributed by atoms with Gasteiger partial charge < -0.3 is 20.9 Å². The number of thioether (sulfide) groups is 1. The third-order valence-corrected chi connectivity index (χ3v) is 4.16. The van der Waals surface area contributed by atoms with Gasteiger partial charge in [0.2, 0.25) is 5.91 Å². The number of likely N-dealkylation sites (N-methyl/N-ethyl adjacent to an activating group) is 1. The highest BCUT2D eigenvalue weighted by molar-refractivity contribution is 7.98. The average Bonchev–Trinajstić information content (AvgIpc) is 2.42. The van der Waals surface area contributed by atoms with Crippen LogP contribution < -0.4 is 11.1 Å². The Balaban J connectivity index is 2.02. The number of carbonyl (C=O) groups excluding carboxylic acids is 1. The fourth-order valence-corrected chi connectivity index (χ4v) is 2.58. The van der Waals surface area contributed by atoms with E-state index >= 15 is 0 Å². The molecule has 1 rings (SSSR count). The van der Waals surface area contributed by atoms with Crippen LogP contribution in [0.25, 0.3) is 0 Å². The van der Waals surface area contributed by atoms with Crippen LogP contribution in [0.1, 0.15) is 12.8 Å². The molecule has 0 spiro atoms. The number of piperazine rings is 1. The molecule has 112 valence electrons. The fourth-order valence-electron chi connectivity index (χ4n) is 2.09. The molecule has 1 saturated heterocycles. The summed E-state index contributed by atoms with van der Waals surface area (Å²) in [7, 11) is 2.16. The van der Waals surface area contributed by atoms with Crippen molar-refractivity contribution in [2.45, 2.75) is 18.9 Å². The molecule has 1 amide bonds. The Labute approximate surface area is 121 Å². The van der Waals surface area contributed by atoms with Crippen LogP contribution in [0.3, 0.4) is 0 Å². The average molecular weight is 288 g/mol. The lowest BCUT2D eigenvalue weighted by molar-refractivity contribution is -0.122. The molecule has 0 aromatic carbocycles. The summed E-state index contributed by atoms with van der Waals surface area (Å²) >= 11 is 1.72. The van der Waals surface area contributed by atoms with E-state index in [0.29, 0.717) is 0 Å². The molecule has 0 radical (unpaired) electrons. The van der Waals surface area contributed by atoms with Crippen molar-refractivity contribution >= 4 is 17.7 Å². The largest absolute Gasteiger partial charge is 0.355 e. The van der Waals surface area contributed by atoms with E-state index in [1.165, 1.54) is 0 Å². The van der Waals surface area contributed by atoms with E-state index in [4.69, 9.17) is 5.73 Å². The molecular formula is C13H28N4OS. The van der Waals surface area contributed by atoms with Crippen molar-refractivity contribution in [3.63, 3.8) is 0 Å². The highest BCUT2D eigenvalue weighted by atomic mass is 32.2. The SMILES string of the molecule is CSCC[C@@H](N)C(=O)NCCCN1CCN(C)CC1. The summed E-state index contributed by atoms with van der Waals surface area (Å²) in [5, 5.41) is 2.93. The van der Waals surface area contributed by atoms with Gasteiger partial charge in [0.15, 0.2) is 0 Å². The maximum absolute atomic E-state index is 11.7. The summed E-state index contributed by atoms with van der Waals surface area (Å²) in [5.74, 6) is 0.933. The van der Waals surface area contributed by atoms with Crippen molar-refractivity contribution in [2.24, 2.45) is 5.73 Å². The first-order chi connectivity index (χ1) is 9.13. The van der Waals surface area contributed by atoms with Gasteiger partial charge in [0.05, 0.1) is 6.04 Å². The lowest BCUT2D eigenvalue weighted by Gasteiger charge is -2.32. The first-order valence-electron chi connectivity index (χ1n) is 7.06. The number of amides is 1. The van der Waals surface area contributed by atoms with Crippen LogP contribution in [-0.2, 0) is 4.79 Å². The molecule has 0 aliphatic carbocycles. The van der Waals surface area contributed by atoms with Crippen molar-refractivity contribution in [1.29, 1.82) is 0 Å². The molecular weight excluding hydrogens is 260 g/mol. The van der Waals surface area contributed by atoms with E-state index in [1.807, 2.05) is 6.26 Å². The summed E-state index contributed by atoms with van der Waals surface area (Å²) in [4.78, 5) is 16.5. The topological polar surface area (TPSA) is 61.6 Å². The molecule has 1 atom stereocenters. The van der Waals surface area contributed by atoms with Crippen LogP contribution in [0.2, 0.25) is 0 Å². The number of carbonyl (C=O) groups is 1. The molecule has 0 unspecified atom stereocenters. The normalized spacial score (nSPS) is 19.3. The van der Waals surface area contributed by atoms with E-state index in [9.17, 15) is 4.79 Å². The van der Waals surface area contributed by atoms with Crippen LogP contribution in [0.15, 0.2) is 0 Å². The summed E-state index contributed by atoms with van der Waals surface area (Å²) in [6.07, 6.45) is 3.79. The van der Waals surface area contributed by atoms with Gasteiger partial charge in [-0.05, 0) is 38.4 Å². The monoisotopic (exact) mass is 288 g/mol. The van der Waals surface area contributed by atoms with Crippen molar-refractivity contribution < 1.29 is 4.79 Å². The lowest BCUT2D eigenvalue weighted by atomic mass is 10.2. The highest BCUT2D eigenvalue weighted by Gasteiger charge is 2.14. The van der Waals surface area contributed by atoms with Gasteiger partial charge >= 0.3 is 0 Å². The van der Waals surface area contributed by atoms with Crippen LogP contribution in [-0.4, -0.2) is 80.1 Å². The molecule has 0 bridgehead atoms. The first-order valence-corrected chi connectivity index (χ1v) is 8.46. The second kappa shape index (κ2) is 9.58. The smallest absolute Gasteiger partial charge is 0.236 e. The Morgan fingerprint density at radius 1 is 1.37 bits per heavy atom. The molecule has 1 aliphatic heterocycles. The minimum Gasteiger partial charge on any atom is -0.355 e. The number of hydrogen-bond acceptors (Lipinski definition) is 5. The molecule has 0 aromatic rings. The van der Waals surface area contributed by atoms with E-state index in [-0.39, 0.29) is 11.9 Å². The van der Waals surface area contributed by atoms with Gasteiger partial charge in [0, 0.05) is 32.7 Å². The summed E-state index contributed by atoms with van der Waals surface area (Å²) in [6.45, 7) is 6.36. The predicted octanol–water partition coefficient (Wildman–Crippen LogP) is -0.179. The first kappa shape index (κ1) is 16.8. The van der Waals surface area contributed by atoms with E-state index in [1.54, 1.807) is 11.8 Å². The number of hydrogen-bond donors (Lipinski definition) is 2. The third kappa shape index (κ3) is 7.15. The van der Waals surface area contributed by atoms with Gasteiger partial charge in [-0.2, -0.15) is 11.8 Å². The minimum atomic E-state index is -0.351. The molecule has 0 aromatic heterocycles. The molecule has 6 heteroatoms. The van der Waals surface area contributed by atoms with E-state index < -0.39 is 0 Å². The zero-order chi connectivity index (χ0) is 14.1.